The second-order valence-electron chi connectivity index (χ2n) is 4.54. The molecule has 0 bridgehead atoms. The van der Waals surface area contributed by atoms with Crippen molar-refractivity contribution in [3.8, 4) is 11.1 Å². The van der Waals surface area contributed by atoms with Crippen molar-refractivity contribution in [3.05, 3.63) is 53.1 Å². The van der Waals surface area contributed by atoms with Gasteiger partial charge in [0.05, 0.1) is 5.56 Å². The first-order valence-electron chi connectivity index (χ1n) is 5.73. The lowest BCUT2D eigenvalue weighted by atomic mass is 10.0. The molecule has 0 atom stereocenters. The average Bonchev–Trinajstić information content (AvgIpc) is 2.42. The summed E-state index contributed by atoms with van der Waals surface area (Å²) in [6.07, 6.45) is 0. The van der Waals surface area contributed by atoms with E-state index in [1.54, 1.807) is 0 Å². The van der Waals surface area contributed by atoms with Crippen molar-refractivity contribution >= 4 is 5.69 Å². The fourth-order valence-corrected chi connectivity index (χ4v) is 1.84. The highest BCUT2D eigenvalue weighted by molar-refractivity contribution is 5.70. The van der Waals surface area contributed by atoms with Gasteiger partial charge in [0, 0.05) is 19.8 Å². The molecule has 0 saturated heterocycles. The molecule has 0 radical (unpaired) electrons. The van der Waals surface area contributed by atoms with Crippen LogP contribution in [0.2, 0.25) is 0 Å². The van der Waals surface area contributed by atoms with Gasteiger partial charge in [0.15, 0.2) is 23.3 Å². The molecule has 2 rings (SSSR count). The van der Waals surface area contributed by atoms with Crippen molar-refractivity contribution in [3.63, 3.8) is 0 Å². The largest absolute Gasteiger partial charge is 0.378 e. The number of hydrogen-bond donors (Lipinski definition) is 0. The van der Waals surface area contributed by atoms with E-state index in [0.717, 1.165) is 12.1 Å². The zero-order chi connectivity index (χ0) is 15.9. The Hall–Kier alpha value is -2.18. The van der Waals surface area contributed by atoms with E-state index in [0.29, 0.717) is 6.07 Å². The third kappa shape index (κ3) is 2.55. The monoisotopic (exact) mass is 305 g/mol. The summed E-state index contributed by atoms with van der Waals surface area (Å²) in [5, 5.41) is 0. The maximum atomic E-state index is 13.7. The highest BCUT2D eigenvalue weighted by Crippen LogP contribution is 2.33. The zero-order valence-electron chi connectivity index (χ0n) is 10.9. The molecule has 0 N–H and O–H groups in total. The highest BCUT2D eigenvalue weighted by atomic mass is 19.2. The topological polar surface area (TPSA) is 3.24 Å². The molecule has 21 heavy (non-hydrogen) atoms. The standard InChI is InChI=1S/C14H9F6N/c1-21(2)8-4-6(3-7(15)5-8)9-10(16)12(18)14(20)13(19)11(9)17/h3-5H,1-2H3. The van der Waals surface area contributed by atoms with Crippen LogP contribution in [0.15, 0.2) is 18.2 Å². The maximum absolute atomic E-state index is 13.7. The number of anilines is 1. The van der Waals surface area contributed by atoms with E-state index >= 15 is 0 Å². The molecule has 0 aliphatic rings. The number of benzene rings is 2. The molecule has 112 valence electrons. The minimum atomic E-state index is -2.25. The molecule has 0 spiro atoms. The molecular formula is C14H9F6N. The summed E-state index contributed by atoms with van der Waals surface area (Å²) < 4.78 is 80.2. The van der Waals surface area contributed by atoms with Crippen LogP contribution in [0.1, 0.15) is 0 Å². The maximum Gasteiger partial charge on any atom is 0.200 e. The molecular weight excluding hydrogens is 296 g/mol. The summed E-state index contributed by atoms with van der Waals surface area (Å²) >= 11 is 0. The molecule has 0 amide bonds. The Morgan fingerprint density at radius 3 is 1.62 bits per heavy atom. The van der Waals surface area contributed by atoms with Gasteiger partial charge in [-0.3, -0.25) is 0 Å². The van der Waals surface area contributed by atoms with E-state index in [1.165, 1.54) is 19.0 Å². The lowest BCUT2D eigenvalue weighted by Gasteiger charge is -2.15. The van der Waals surface area contributed by atoms with Crippen molar-refractivity contribution in [1.29, 1.82) is 0 Å². The van der Waals surface area contributed by atoms with E-state index < -0.39 is 46.0 Å². The second kappa shape index (κ2) is 5.31. The lowest BCUT2D eigenvalue weighted by Crippen LogP contribution is -2.10. The van der Waals surface area contributed by atoms with Crippen LogP contribution in [0.4, 0.5) is 32.0 Å². The Balaban J connectivity index is 2.79. The molecule has 0 aliphatic heterocycles. The van der Waals surface area contributed by atoms with E-state index in [9.17, 15) is 26.3 Å². The summed E-state index contributed by atoms with van der Waals surface area (Å²) in [5.41, 5.74) is -1.38. The van der Waals surface area contributed by atoms with Crippen LogP contribution in [-0.4, -0.2) is 14.1 Å². The molecule has 0 saturated carbocycles. The van der Waals surface area contributed by atoms with Gasteiger partial charge < -0.3 is 4.90 Å². The third-order valence-electron chi connectivity index (χ3n) is 2.90. The molecule has 7 heteroatoms. The Kier molecular flexibility index (Phi) is 3.85. The van der Waals surface area contributed by atoms with Gasteiger partial charge in [-0.1, -0.05) is 0 Å². The summed E-state index contributed by atoms with van der Waals surface area (Å²) in [6.45, 7) is 0. The van der Waals surface area contributed by atoms with Gasteiger partial charge >= 0.3 is 0 Å². The predicted molar refractivity (Wildman–Crippen MR) is 66.0 cm³/mol. The SMILES string of the molecule is CN(C)c1cc(F)cc(-c2c(F)c(F)c(F)c(F)c2F)c1. The number of hydrogen-bond acceptors (Lipinski definition) is 1. The first kappa shape index (κ1) is 15.2. The lowest BCUT2D eigenvalue weighted by molar-refractivity contribution is 0.381. The minimum Gasteiger partial charge on any atom is -0.378 e. The number of nitrogens with zero attached hydrogens (tertiary/aromatic N) is 1. The van der Waals surface area contributed by atoms with Gasteiger partial charge in [-0.25, -0.2) is 26.3 Å². The fourth-order valence-electron chi connectivity index (χ4n) is 1.84. The molecule has 0 fully saturated rings. The molecule has 0 heterocycles. The van der Waals surface area contributed by atoms with E-state index in [1.807, 2.05) is 0 Å². The van der Waals surface area contributed by atoms with Crippen LogP contribution < -0.4 is 4.90 Å². The molecule has 0 aliphatic carbocycles. The first-order valence-corrected chi connectivity index (χ1v) is 5.73. The van der Waals surface area contributed by atoms with Gasteiger partial charge in [0.25, 0.3) is 0 Å². The Morgan fingerprint density at radius 1 is 0.667 bits per heavy atom. The third-order valence-corrected chi connectivity index (χ3v) is 2.90. The van der Waals surface area contributed by atoms with Crippen LogP contribution in [0, 0.1) is 34.9 Å². The molecule has 0 aromatic heterocycles. The van der Waals surface area contributed by atoms with Crippen LogP contribution in [0.3, 0.4) is 0 Å². The zero-order valence-corrected chi connectivity index (χ0v) is 10.9. The van der Waals surface area contributed by atoms with Gasteiger partial charge in [0.1, 0.15) is 5.82 Å². The first-order chi connectivity index (χ1) is 9.73. The van der Waals surface area contributed by atoms with E-state index in [-0.39, 0.29) is 5.69 Å². The van der Waals surface area contributed by atoms with Crippen molar-refractivity contribution in [1.82, 2.24) is 0 Å². The smallest absolute Gasteiger partial charge is 0.200 e. The van der Waals surface area contributed by atoms with Gasteiger partial charge in [-0.15, -0.1) is 0 Å². The van der Waals surface area contributed by atoms with Crippen molar-refractivity contribution < 1.29 is 26.3 Å². The summed E-state index contributed by atoms with van der Waals surface area (Å²) in [5.74, 6) is -11.2. The van der Waals surface area contributed by atoms with Crippen LogP contribution in [0.5, 0.6) is 0 Å². The Morgan fingerprint density at radius 2 is 1.14 bits per heavy atom. The van der Waals surface area contributed by atoms with Gasteiger partial charge in [-0.05, 0) is 23.8 Å². The predicted octanol–water partition coefficient (Wildman–Crippen LogP) is 4.25. The summed E-state index contributed by atoms with van der Waals surface area (Å²) in [6, 6.07) is 2.89. The fraction of sp³-hybridized carbons (Fsp3) is 0.143. The Bertz CT molecular complexity index is 682. The second-order valence-corrected chi connectivity index (χ2v) is 4.54. The molecule has 2 aromatic carbocycles. The number of rotatable bonds is 2. The average molecular weight is 305 g/mol. The number of halogens is 6. The quantitative estimate of drug-likeness (QED) is 0.455. The van der Waals surface area contributed by atoms with Crippen molar-refractivity contribution in [2.75, 3.05) is 19.0 Å². The van der Waals surface area contributed by atoms with Gasteiger partial charge in [0.2, 0.25) is 5.82 Å². The van der Waals surface area contributed by atoms with Crippen molar-refractivity contribution in [2.24, 2.45) is 0 Å². The van der Waals surface area contributed by atoms with Crippen LogP contribution in [-0.2, 0) is 0 Å². The Labute approximate surface area is 116 Å². The minimum absolute atomic E-state index is 0.217. The van der Waals surface area contributed by atoms with Crippen LogP contribution >= 0.6 is 0 Å². The van der Waals surface area contributed by atoms with E-state index in [4.69, 9.17) is 0 Å². The van der Waals surface area contributed by atoms with E-state index in [2.05, 4.69) is 0 Å². The highest BCUT2D eigenvalue weighted by Gasteiger charge is 2.27. The normalized spacial score (nSPS) is 10.9. The molecule has 2 aromatic rings. The summed E-state index contributed by atoms with van der Waals surface area (Å²) in [7, 11) is 3.08. The summed E-state index contributed by atoms with van der Waals surface area (Å²) in [4.78, 5) is 1.43. The van der Waals surface area contributed by atoms with Crippen molar-refractivity contribution in [2.45, 2.75) is 0 Å². The molecule has 0 unspecified atom stereocenters. The van der Waals surface area contributed by atoms with Crippen LogP contribution in [0.25, 0.3) is 11.1 Å². The van der Waals surface area contributed by atoms with Gasteiger partial charge in [-0.2, -0.15) is 0 Å². The molecule has 1 nitrogen and oxygen atoms in total.